The van der Waals surface area contributed by atoms with Crippen molar-refractivity contribution in [3.8, 4) is 0 Å². The molecule has 0 radical (unpaired) electrons. The molecule has 18 heavy (non-hydrogen) atoms. The average molecular weight is 264 g/mol. The van der Waals surface area contributed by atoms with Crippen molar-refractivity contribution in [3.05, 3.63) is 29.3 Å². The molecule has 0 aromatic heterocycles. The van der Waals surface area contributed by atoms with Gasteiger partial charge in [-0.3, -0.25) is 4.79 Å². The van der Waals surface area contributed by atoms with Crippen molar-refractivity contribution in [2.75, 3.05) is 30.9 Å². The average Bonchev–Trinajstić information content (AvgIpc) is 2.84. The minimum Gasteiger partial charge on any atom is -0.384 e. The van der Waals surface area contributed by atoms with Crippen molar-refractivity contribution in [2.24, 2.45) is 0 Å². The number of nitrogens with zero attached hydrogens (tertiary/aromatic N) is 1. The van der Waals surface area contributed by atoms with Crippen LogP contribution in [0, 0.1) is 0 Å². The second-order valence-electron chi connectivity index (χ2n) is 4.77. The smallest absolute Gasteiger partial charge is 0.253 e. The highest BCUT2D eigenvalue weighted by Crippen LogP contribution is 2.23. The molecule has 0 fully saturated rings. The second kappa shape index (κ2) is 5.65. The maximum atomic E-state index is 12.4. The Morgan fingerprint density at radius 2 is 2.33 bits per heavy atom. The topological polar surface area (TPSA) is 32.3 Å². The van der Waals surface area contributed by atoms with Gasteiger partial charge in [-0.1, -0.05) is 0 Å². The molecule has 4 heteroatoms. The fraction of sp³-hybridized carbons (Fsp3) is 0.500. The van der Waals surface area contributed by atoms with Crippen LogP contribution in [-0.2, 0) is 6.42 Å². The van der Waals surface area contributed by atoms with Crippen molar-refractivity contribution >= 4 is 23.4 Å². The molecular weight excluding hydrogens is 244 g/mol. The highest BCUT2D eigenvalue weighted by atomic mass is 32.2. The Kier molecular flexibility index (Phi) is 4.17. The van der Waals surface area contributed by atoms with Gasteiger partial charge in [0.2, 0.25) is 0 Å². The van der Waals surface area contributed by atoms with Gasteiger partial charge in [0.15, 0.2) is 0 Å². The second-order valence-corrected chi connectivity index (χ2v) is 5.68. The number of carbonyl (C=O) groups is 1. The van der Waals surface area contributed by atoms with Crippen LogP contribution in [0.25, 0.3) is 0 Å². The SMILES string of the molecule is CSCC(C)N(C)C(=O)c1ccc2c(c1)CCN2. The summed E-state index contributed by atoms with van der Waals surface area (Å²) < 4.78 is 0. The molecule has 1 aliphatic rings. The predicted molar refractivity (Wildman–Crippen MR) is 78.6 cm³/mol. The Bertz CT molecular complexity index is 447. The monoisotopic (exact) mass is 264 g/mol. The molecule has 0 saturated carbocycles. The Hall–Kier alpha value is -1.16. The van der Waals surface area contributed by atoms with Gasteiger partial charge in [-0.25, -0.2) is 0 Å². The van der Waals surface area contributed by atoms with Crippen LogP contribution in [0.4, 0.5) is 5.69 Å². The van der Waals surface area contributed by atoms with Crippen LogP contribution in [0.15, 0.2) is 18.2 Å². The van der Waals surface area contributed by atoms with Crippen LogP contribution in [0.2, 0.25) is 0 Å². The number of anilines is 1. The van der Waals surface area contributed by atoms with Crippen molar-refractivity contribution in [1.82, 2.24) is 4.90 Å². The van der Waals surface area contributed by atoms with E-state index < -0.39 is 0 Å². The molecular formula is C14H20N2OS. The van der Waals surface area contributed by atoms with Gasteiger partial charge in [-0.15, -0.1) is 0 Å². The number of hydrogen-bond donors (Lipinski definition) is 1. The Morgan fingerprint density at radius 1 is 1.56 bits per heavy atom. The summed E-state index contributed by atoms with van der Waals surface area (Å²) in [6.45, 7) is 3.06. The van der Waals surface area contributed by atoms with Gasteiger partial charge < -0.3 is 10.2 Å². The lowest BCUT2D eigenvalue weighted by Crippen LogP contribution is -2.36. The summed E-state index contributed by atoms with van der Waals surface area (Å²) in [5.41, 5.74) is 3.23. The standard InChI is InChI=1S/C14H20N2OS/c1-10(9-18-3)16(2)14(17)12-4-5-13-11(8-12)6-7-15-13/h4-5,8,10,15H,6-7,9H2,1-3H3. The lowest BCUT2D eigenvalue weighted by atomic mass is 10.1. The quantitative estimate of drug-likeness (QED) is 0.907. The number of amides is 1. The molecule has 0 bridgehead atoms. The van der Waals surface area contributed by atoms with E-state index in [4.69, 9.17) is 0 Å². The first-order valence-corrected chi connectivity index (χ1v) is 7.65. The minimum absolute atomic E-state index is 0.117. The maximum Gasteiger partial charge on any atom is 0.253 e. The predicted octanol–water partition coefficient (Wildman–Crippen LogP) is 2.48. The zero-order valence-corrected chi connectivity index (χ0v) is 12.0. The van der Waals surface area contributed by atoms with Crippen molar-refractivity contribution in [1.29, 1.82) is 0 Å². The molecule has 1 aromatic carbocycles. The van der Waals surface area contributed by atoms with E-state index in [1.54, 1.807) is 11.8 Å². The molecule has 1 atom stereocenters. The third kappa shape index (κ3) is 2.64. The molecule has 1 aromatic rings. The van der Waals surface area contributed by atoms with Gasteiger partial charge >= 0.3 is 0 Å². The molecule has 1 heterocycles. The zero-order valence-electron chi connectivity index (χ0n) is 11.2. The third-order valence-corrected chi connectivity index (χ3v) is 4.27. The summed E-state index contributed by atoms with van der Waals surface area (Å²) in [5, 5.41) is 3.31. The summed E-state index contributed by atoms with van der Waals surface area (Å²) in [4.78, 5) is 14.2. The minimum atomic E-state index is 0.117. The number of benzene rings is 1. The fourth-order valence-corrected chi connectivity index (χ4v) is 2.90. The van der Waals surface area contributed by atoms with Gasteiger partial charge in [0.1, 0.15) is 0 Å². The van der Waals surface area contributed by atoms with Crippen LogP contribution in [0.3, 0.4) is 0 Å². The van der Waals surface area contributed by atoms with Crippen LogP contribution in [-0.4, -0.2) is 42.4 Å². The number of carbonyl (C=O) groups excluding carboxylic acids is 1. The highest BCUT2D eigenvalue weighted by Gasteiger charge is 2.19. The Balaban J connectivity index is 2.13. The molecule has 1 aliphatic heterocycles. The van der Waals surface area contributed by atoms with Gasteiger partial charge in [0.05, 0.1) is 0 Å². The van der Waals surface area contributed by atoms with Crippen LogP contribution in [0.1, 0.15) is 22.8 Å². The number of hydrogen-bond acceptors (Lipinski definition) is 3. The van der Waals surface area contributed by atoms with E-state index in [2.05, 4.69) is 18.5 Å². The van der Waals surface area contributed by atoms with Gasteiger partial charge in [-0.05, 0) is 43.4 Å². The molecule has 2 rings (SSSR count). The first-order chi connectivity index (χ1) is 8.63. The fourth-order valence-electron chi connectivity index (χ4n) is 2.19. The third-order valence-electron chi connectivity index (χ3n) is 3.45. The normalized spacial score (nSPS) is 14.8. The van der Waals surface area contributed by atoms with Crippen molar-refractivity contribution in [2.45, 2.75) is 19.4 Å². The molecule has 1 amide bonds. The molecule has 1 unspecified atom stereocenters. The van der Waals surface area contributed by atoms with Crippen molar-refractivity contribution < 1.29 is 4.79 Å². The molecule has 98 valence electrons. The van der Waals surface area contributed by atoms with Crippen LogP contribution in [0.5, 0.6) is 0 Å². The number of nitrogens with one attached hydrogen (secondary N) is 1. The maximum absolute atomic E-state index is 12.4. The molecule has 0 spiro atoms. The molecule has 3 nitrogen and oxygen atoms in total. The van der Waals surface area contributed by atoms with E-state index in [0.717, 1.165) is 24.3 Å². The van der Waals surface area contributed by atoms with Gasteiger partial charge in [0.25, 0.3) is 5.91 Å². The largest absolute Gasteiger partial charge is 0.384 e. The summed E-state index contributed by atoms with van der Waals surface area (Å²) in [7, 11) is 1.88. The first-order valence-electron chi connectivity index (χ1n) is 6.26. The van der Waals surface area contributed by atoms with E-state index in [-0.39, 0.29) is 11.9 Å². The lowest BCUT2D eigenvalue weighted by Gasteiger charge is -2.24. The zero-order chi connectivity index (χ0) is 13.1. The van der Waals surface area contributed by atoms with E-state index >= 15 is 0 Å². The highest BCUT2D eigenvalue weighted by molar-refractivity contribution is 7.98. The van der Waals surface area contributed by atoms with Crippen LogP contribution < -0.4 is 5.32 Å². The molecule has 0 aliphatic carbocycles. The van der Waals surface area contributed by atoms with Gasteiger partial charge in [0, 0.05) is 36.6 Å². The molecule has 0 saturated heterocycles. The van der Waals surface area contributed by atoms with E-state index in [0.29, 0.717) is 0 Å². The summed E-state index contributed by atoms with van der Waals surface area (Å²) >= 11 is 1.77. The number of thioether (sulfide) groups is 1. The van der Waals surface area contributed by atoms with E-state index in [1.165, 1.54) is 11.3 Å². The summed E-state index contributed by atoms with van der Waals surface area (Å²) in [6, 6.07) is 6.23. The first kappa shape index (κ1) is 13.3. The Labute approximate surface area is 113 Å². The van der Waals surface area contributed by atoms with Gasteiger partial charge in [-0.2, -0.15) is 11.8 Å². The summed E-state index contributed by atoms with van der Waals surface area (Å²) in [6.07, 6.45) is 3.08. The lowest BCUT2D eigenvalue weighted by molar-refractivity contribution is 0.0757. The summed E-state index contributed by atoms with van der Waals surface area (Å²) in [5.74, 6) is 1.08. The van der Waals surface area contributed by atoms with E-state index in [1.807, 2.05) is 30.1 Å². The van der Waals surface area contributed by atoms with Crippen molar-refractivity contribution in [3.63, 3.8) is 0 Å². The molecule has 1 N–H and O–H groups in total. The van der Waals surface area contributed by atoms with E-state index in [9.17, 15) is 4.79 Å². The number of rotatable bonds is 4. The van der Waals surface area contributed by atoms with Crippen LogP contribution >= 0.6 is 11.8 Å². The number of fused-ring (bicyclic) bond motifs is 1. The Morgan fingerprint density at radius 3 is 3.06 bits per heavy atom.